The van der Waals surface area contributed by atoms with Crippen molar-refractivity contribution in [1.29, 1.82) is 0 Å². The molecule has 2 aliphatic rings. The third-order valence-corrected chi connectivity index (χ3v) is 7.27. The van der Waals surface area contributed by atoms with Crippen molar-refractivity contribution in [2.24, 2.45) is 17.8 Å². The van der Waals surface area contributed by atoms with Gasteiger partial charge in [-0.25, -0.2) is 0 Å². The molecule has 0 spiro atoms. The van der Waals surface area contributed by atoms with E-state index in [0.717, 1.165) is 11.8 Å². The minimum Gasteiger partial charge on any atom is -0.0999 e. The third-order valence-electron chi connectivity index (χ3n) is 7.27. The molecular formula is C31H58. The Morgan fingerprint density at radius 1 is 1.00 bits per heavy atom. The number of hydrogen-bond acceptors (Lipinski definition) is 0. The van der Waals surface area contributed by atoms with E-state index in [1.54, 1.807) is 5.57 Å². The highest BCUT2D eigenvalue weighted by atomic mass is 14.3. The molecular weight excluding hydrogens is 372 g/mol. The number of hydrogen-bond donors (Lipinski definition) is 0. The molecule has 0 aromatic carbocycles. The highest BCUT2D eigenvalue weighted by molar-refractivity contribution is 5.06. The monoisotopic (exact) mass is 430 g/mol. The Morgan fingerprint density at radius 3 is 2.23 bits per heavy atom. The van der Waals surface area contributed by atoms with Gasteiger partial charge in [-0.15, -0.1) is 0 Å². The number of rotatable bonds is 11. The Bertz CT molecular complexity index is 480. The zero-order chi connectivity index (χ0) is 23.5. The van der Waals surface area contributed by atoms with Crippen LogP contribution in [-0.2, 0) is 0 Å². The molecule has 0 saturated heterocycles. The van der Waals surface area contributed by atoms with Crippen molar-refractivity contribution in [2.75, 3.05) is 0 Å². The number of allylic oxidation sites excluding steroid dienone is 4. The van der Waals surface area contributed by atoms with Crippen LogP contribution in [0.4, 0.5) is 0 Å². The van der Waals surface area contributed by atoms with E-state index in [1.807, 2.05) is 13.8 Å². The predicted octanol–water partition coefficient (Wildman–Crippen LogP) is 11.2. The van der Waals surface area contributed by atoms with Crippen molar-refractivity contribution < 1.29 is 0 Å². The Labute approximate surface area is 198 Å². The molecule has 0 bridgehead atoms. The average Bonchev–Trinajstić information content (AvgIpc) is 2.79. The van der Waals surface area contributed by atoms with Crippen LogP contribution in [0.1, 0.15) is 144 Å². The van der Waals surface area contributed by atoms with E-state index in [9.17, 15) is 0 Å². The lowest BCUT2D eigenvalue weighted by atomic mass is 9.74. The first-order valence-corrected chi connectivity index (χ1v) is 14.0. The zero-order valence-corrected chi connectivity index (χ0v) is 22.5. The summed E-state index contributed by atoms with van der Waals surface area (Å²) in [6.45, 7) is 21.3. The number of unbranched alkanes of at least 4 members (excludes halogenated alkanes) is 1. The summed E-state index contributed by atoms with van der Waals surface area (Å²) in [4.78, 5) is 0. The van der Waals surface area contributed by atoms with Gasteiger partial charge in [0.15, 0.2) is 0 Å². The van der Waals surface area contributed by atoms with Crippen LogP contribution in [0.2, 0.25) is 0 Å². The van der Waals surface area contributed by atoms with Crippen molar-refractivity contribution in [3.05, 3.63) is 36.0 Å². The second-order valence-corrected chi connectivity index (χ2v) is 10.0. The fraction of sp³-hybridized carbons (Fsp3) is 0.806. The molecule has 0 amide bonds. The molecule has 3 atom stereocenters. The second kappa shape index (κ2) is 19.9. The summed E-state index contributed by atoms with van der Waals surface area (Å²) < 4.78 is 0. The summed E-state index contributed by atoms with van der Waals surface area (Å²) >= 11 is 0. The highest BCUT2D eigenvalue weighted by Crippen LogP contribution is 2.37. The van der Waals surface area contributed by atoms with Gasteiger partial charge in [0, 0.05) is 0 Å². The smallest absolute Gasteiger partial charge is 0.0234 e. The van der Waals surface area contributed by atoms with Gasteiger partial charge in [-0.05, 0) is 82.5 Å². The van der Waals surface area contributed by atoms with Crippen molar-refractivity contribution >= 4 is 0 Å². The van der Waals surface area contributed by atoms with Gasteiger partial charge in [0.1, 0.15) is 0 Å². The van der Waals surface area contributed by atoms with Gasteiger partial charge in [-0.1, -0.05) is 116 Å². The van der Waals surface area contributed by atoms with E-state index in [0.29, 0.717) is 5.92 Å². The van der Waals surface area contributed by atoms with Crippen molar-refractivity contribution in [3.63, 3.8) is 0 Å². The molecule has 3 unspecified atom stereocenters. The molecule has 1 saturated carbocycles. The van der Waals surface area contributed by atoms with Crippen LogP contribution in [-0.4, -0.2) is 0 Å². The lowest BCUT2D eigenvalue weighted by Crippen LogP contribution is -2.20. The molecule has 1 fully saturated rings. The van der Waals surface area contributed by atoms with Crippen molar-refractivity contribution in [1.82, 2.24) is 0 Å². The first-order valence-electron chi connectivity index (χ1n) is 14.0. The van der Waals surface area contributed by atoms with Gasteiger partial charge >= 0.3 is 0 Å². The highest BCUT2D eigenvalue weighted by Gasteiger charge is 2.24. The molecule has 182 valence electrons. The zero-order valence-electron chi connectivity index (χ0n) is 22.5. The first kappa shape index (κ1) is 30.2. The summed E-state index contributed by atoms with van der Waals surface area (Å²) in [5, 5.41) is 0. The third kappa shape index (κ3) is 14.8. The summed E-state index contributed by atoms with van der Waals surface area (Å²) in [6.07, 6.45) is 24.5. The minimum absolute atomic E-state index is 0.697. The molecule has 0 N–H and O–H groups in total. The summed E-state index contributed by atoms with van der Waals surface area (Å²) in [5.74, 6) is 2.68. The fourth-order valence-electron chi connectivity index (χ4n) is 5.01. The molecule has 31 heavy (non-hydrogen) atoms. The summed E-state index contributed by atoms with van der Waals surface area (Å²) in [6, 6.07) is 0. The van der Waals surface area contributed by atoms with Crippen LogP contribution >= 0.6 is 0 Å². The average molecular weight is 431 g/mol. The van der Waals surface area contributed by atoms with E-state index in [-0.39, 0.29) is 0 Å². The Hall–Kier alpha value is -0.780. The van der Waals surface area contributed by atoms with Gasteiger partial charge in [-0.2, -0.15) is 0 Å². The van der Waals surface area contributed by atoms with Gasteiger partial charge in [0.2, 0.25) is 0 Å². The SMILES string of the molecule is C=C(C)C(C)CCC1=CCCCC1.C=C(CCC)CC1CCCCC1CCCC.CC. The largest absolute Gasteiger partial charge is 0.0999 e. The normalized spacial score (nSPS) is 21.5. The van der Waals surface area contributed by atoms with Gasteiger partial charge in [-0.3, -0.25) is 0 Å². The van der Waals surface area contributed by atoms with E-state index < -0.39 is 0 Å². The summed E-state index contributed by atoms with van der Waals surface area (Å²) in [7, 11) is 0. The first-order chi connectivity index (χ1) is 15.0. The van der Waals surface area contributed by atoms with Crippen LogP contribution < -0.4 is 0 Å². The van der Waals surface area contributed by atoms with Crippen molar-refractivity contribution in [3.8, 4) is 0 Å². The van der Waals surface area contributed by atoms with Crippen LogP contribution in [0, 0.1) is 17.8 Å². The van der Waals surface area contributed by atoms with Crippen LogP contribution in [0.5, 0.6) is 0 Å². The molecule has 2 rings (SSSR count). The van der Waals surface area contributed by atoms with Gasteiger partial charge in [0.25, 0.3) is 0 Å². The fourth-order valence-corrected chi connectivity index (χ4v) is 5.01. The van der Waals surface area contributed by atoms with E-state index >= 15 is 0 Å². The van der Waals surface area contributed by atoms with Gasteiger partial charge < -0.3 is 0 Å². The van der Waals surface area contributed by atoms with Crippen molar-refractivity contribution in [2.45, 2.75) is 144 Å². The second-order valence-electron chi connectivity index (χ2n) is 10.0. The molecule has 0 aliphatic heterocycles. The van der Waals surface area contributed by atoms with Crippen LogP contribution in [0.15, 0.2) is 36.0 Å². The maximum absolute atomic E-state index is 4.25. The quantitative estimate of drug-likeness (QED) is 0.286. The topological polar surface area (TPSA) is 0 Å². The maximum atomic E-state index is 4.25. The molecule has 0 aromatic rings. The Kier molecular flexibility index (Phi) is 19.4. The predicted molar refractivity (Wildman–Crippen MR) is 145 cm³/mol. The molecule has 0 radical (unpaired) electrons. The standard InChI is InChI=1S/C16H30.C13H22.C2H6/c1-4-6-10-15-11-7-8-12-16(15)13-14(3)9-5-2;1-11(2)12(3)9-10-13-7-5-4-6-8-13;1-2/h15-16H,3-13H2,1-2H3;7,12H,1,4-6,8-10H2,2-3H3;1-2H3. The molecule has 0 heterocycles. The lowest BCUT2D eigenvalue weighted by Gasteiger charge is -2.32. The summed E-state index contributed by atoms with van der Waals surface area (Å²) in [5.41, 5.74) is 4.53. The lowest BCUT2D eigenvalue weighted by molar-refractivity contribution is 0.217. The molecule has 0 heteroatoms. The Balaban J connectivity index is 0.000000547. The van der Waals surface area contributed by atoms with E-state index in [4.69, 9.17) is 0 Å². The molecule has 2 aliphatic carbocycles. The minimum atomic E-state index is 0.697. The van der Waals surface area contributed by atoms with Gasteiger partial charge in [0.05, 0.1) is 0 Å². The van der Waals surface area contributed by atoms with Crippen LogP contribution in [0.25, 0.3) is 0 Å². The van der Waals surface area contributed by atoms with E-state index in [2.05, 4.69) is 46.9 Å². The van der Waals surface area contributed by atoms with Crippen LogP contribution in [0.3, 0.4) is 0 Å². The molecule has 0 aromatic heterocycles. The maximum Gasteiger partial charge on any atom is -0.0234 e. The van der Waals surface area contributed by atoms with E-state index in [1.165, 1.54) is 114 Å². The Morgan fingerprint density at radius 2 is 1.68 bits per heavy atom. The molecule has 0 nitrogen and oxygen atoms in total.